The topological polar surface area (TPSA) is 67.4 Å². The van der Waals surface area contributed by atoms with Gasteiger partial charge in [0.1, 0.15) is 5.82 Å². The maximum Gasteiger partial charge on any atom is 0.239 e. The molecule has 26 heavy (non-hydrogen) atoms. The zero-order chi connectivity index (χ0) is 18.8. The Morgan fingerprint density at radius 1 is 1.31 bits per heavy atom. The van der Waals surface area contributed by atoms with Gasteiger partial charge in [0.25, 0.3) is 0 Å². The highest BCUT2D eigenvalue weighted by atomic mass is 16.2. The first-order valence-corrected chi connectivity index (χ1v) is 9.70. The summed E-state index contributed by atoms with van der Waals surface area (Å²) in [6, 6.07) is 8.42. The summed E-state index contributed by atoms with van der Waals surface area (Å²) in [4.78, 5) is 21.9. The molecule has 0 saturated carbocycles. The molecule has 0 radical (unpaired) electrons. The van der Waals surface area contributed by atoms with Crippen LogP contribution in [0.3, 0.4) is 0 Å². The van der Waals surface area contributed by atoms with Gasteiger partial charge in [-0.25, -0.2) is 4.98 Å². The highest BCUT2D eigenvalue weighted by Gasteiger charge is 2.37. The molecule has 142 valence electrons. The predicted octanol–water partition coefficient (Wildman–Crippen LogP) is 2.39. The van der Waals surface area contributed by atoms with Gasteiger partial charge >= 0.3 is 0 Å². The van der Waals surface area contributed by atoms with Gasteiger partial charge in [-0.2, -0.15) is 0 Å². The van der Waals surface area contributed by atoms with E-state index in [1.165, 1.54) is 0 Å². The first-order valence-electron chi connectivity index (χ1n) is 9.70. The van der Waals surface area contributed by atoms with Gasteiger partial charge in [-0.3, -0.25) is 9.69 Å². The van der Waals surface area contributed by atoms with Crippen molar-refractivity contribution < 1.29 is 4.79 Å². The van der Waals surface area contributed by atoms with Gasteiger partial charge in [-0.05, 0) is 46.2 Å². The molecule has 2 N–H and O–H groups in total. The number of likely N-dealkylation sites (N-methyl/N-ethyl adjacent to an activating group) is 1. The maximum atomic E-state index is 12.9. The first kappa shape index (κ1) is 18.9. The molecule has 0 aliphatic carbocycles. The van der Waals surface area contributed by atoms with Crippen LogP contribution in [0.25, 0.3) is 11.0 Å². The van der Waals surface area contributed by atoms with Crippen LogP contribution < -0.4 is 5.73 Å². The van der Waals surface area contributed by atoms with Gasteiger partial charge in [-0.1, -0.05) is 12.1 Å². The minimum absolute atomic E-state index is 0.0383. The lowest BCUT2D eigenvalue weighted by Crippen LogP contribution is -2.45. The molecule has 1 fully saturated rings. The quantitative estimate of drug-likeness (QED) is 0.862. The normalized spacial score (nSPS) is 21.0. The Balaban J connectivity index is 1.90. The standard InChI is InChI=1S/C20H31N5O/c1-5-23(6-2)20(26)18-11-15(21)12-24(18)13-19-22-16-9-7-8-10-17(16)25(19)14(3)4/h7-10,14-15,18H,5-6,11-13,21H2,1-4H3/t15-,18+/m1/s1. The average Bonchev–Trinajstić information content (AvgIpc) is 3.15. The van der Waals surface area contributed by atoms with Gasteiger partial charge in [0.2, 0.25) is 5.91 Å². The number of aromatic nitrogens is 2. The van der Waals surface area contributed by atoms with Crippen LogP contribution in [0.5, 0.6) is 0 Å². The summed E-state index contributed by atoms with van der Waals surface area (Å²) in [6.07, 6.45) is 0.719. The van der Waals surface area contributed by atoms with Crippen molar-refractivity contribution >= 4 is 16.9 Å². The third-order valence-electron chi connectivity index (χ3n) is 5.33. The second-order valence-corrected chi connectivity index (χ2v) is 7.43. The van der Waals surface area contributed by atoms with Gasteiger partial charge in [0.15, 0.2) is 0 Å². The Kier molecular flexibility index (Phi) is 5.63. The molecule has 1 saturated heterocycles. The molecule has 2 aromatic rings. The van der Waals surface area contributed by atoms with E-state index in [9.17, 15) is 4.79 Å². The van der Waals surface area contributed by atoms with E-state index in [2.05, 4.69) is 29.4 Å². The number of nitrogens with zero attached hydrogens (tertiary/aromatic N) is 4. The Bertz CT molecular complexity index is 765. The smallest absolute Gasteiger partial charge is 0.239 e. The largest absolute Gasteiger partial charge is 0.342 e. The van der Waals surface area contributed by atoms with E-state index >= 15 is 0 Å². The highest BCUT2D eigenvalue weighted by Crippen LogP contribution is 2.26. The minimum atomic E-state index is -0.148. The van der Waals surface area contributed by atoms with Gasteiger partial charge in [0.05, 0.1) is 23.6 Å². The van der Waals surface area contributed by atoms with E-state index in [1.54, 1.807) is 0 Å². The molecule has 6 heteroatoms. The van der Waals surface area contributed by atoms with Crippen LogP contribution >= 0.6 is 0 Å². The number of likely N-dealkylation sites (tertiary alicyclic amines) is 1. The van der Waals surface area contributed by atoms with Gasteiger partial charge in [-0.15, -0.1) is 0 Å². The van der Waals surface area contributed by atoms with E-state index in [0.29, 0.717) is 12.6 Å². The van der Waals surface area contributed by atoms with Crippen LogP contribution in [0.4, 0.5) is 0 Å². The summed E-state index contributed by atoms with van der Waals surface area (Å²) in [7, 11) is 0. The van der Waals surface area contributed by atoms with Crippen molar-refractivity contribution in [3.05, 3.63) is 30.1 Å². The highest BCUT2D eigenvalue weighted by molar-refractivity contribution is 5.82. The molecule has 1 amide bonds. The zero-order valence-corrected chi connectivity index (χ0v) is 16.4. The molecule has 1 aliphatic rings. The molecular formula is C20H31N5O. The summed E-state index contributed by atoms with van der Waals surface area (Å²) in [6.45, 7) is 11.3. The molecular weight excluding hydrogens is 326 g/mol. The number of carbonyl (C=O) groups excluding carboxylic acids is 1. The Morgan fingerprint density at radius 3 is 2.65 bits per heavy atom. The second-order valence-electron chi connectivity index (χ2n) is 7.43. The number of fused-ring (bicyclic) bond motifs is 1. The number of hydrogen-bond donors (Lipinski definition) is 1. The van der Waals surface area contributed by atoms with Crippen molar-refractivity contribution in [2.45, 2.75) is 58.8 Å². The monoisotopic (exact) mass is 357 g/mol. The van der Waals surface area contributed by atoms with E-state index in [-0.39, 0.29) is 18.0 Å². The number of rotatable bonds is 6. The molecule has 3 rings (SSSR count). The molecule has 1 aromatic carbocycles. The fourth-order valence-electron chi connectivity index (χ4n) is 4.08. The molecule has 0 bridgehead atoms. The molecule has 0 unspecified atom stereocenters. The average molecular weight is 358 g/mol. The summed E-state index contributed by atoms with van der Waals surface area (Å²) in [5.41, 5.74) is 8.38. The second kappa shape index (κ2) is 7.76. The summed E-state index contributed by atoms with van der Waals surface area (Å²) < 4.78 is 2.28. The fraction of sp³-hybridized carbons (Fsp3) is 0.600. The lowest BCUT2D eigenvalue weighted by Gasteiger charge is -2.29. The number of amides is 1. The molecule has 2 heterocycles. The summed E-state index contributed by atoms with van der Waals surface area (Å²) in [5.74, 6) is 1.20. The predicted molar refractivity (Wildman–Crippen MR) is 105 cm³/mol. The van der Waals surface area contributed by atoms with Gasteiger partial charge < -0.3 is 15.2 Å². The van der Waals surface area contributed by atoms with Crippen LogP contribution in [0.15, 0.2) is 24.3 Å². The van der Waals surface area contributed by atoms with Crippen LogP contribution in [0.1, 0.15) is 46.0 Å². The molecule has 1 aliphatic heterocycles. The van der Waals surface area contributed by atoms with E-state index in [1.807, 2.05) is 36.9 Å². The SMILES string of the molecule is CCN(CC)C(=O)[C@@H]1C[C@@H](N)CN1Cc1nc2ccccc2n1C(C)C. The van der Waals surface area contributed by atoms with E-state index < -0.39 is 0 Å². The number of benzene rings is 1. The van der Waals surface area contributed by atoms with Crippen LogP contribution in [0.2, 0.25) is 0 Å². The van der Waals surface area contributed by atoms with E-state index in [0.717, 1.165) is 42.9 Å². The summed E-state index contributed by atoms with van der Waals surface area (Å²) in [5, 5.41) is 0. The minimum Gasteiger partial charge on any atom is -0.342 e. The number of imidazole rings is 1. The third-order valence-corrected chi connectivity index (χ3v) is 5.33. The summed E-state index contributed by atoms with van der Waals surface area (Å²) >= 11 is 0. The number of carbonyl (C=O) groups is 1. The number of para-hydroxylation sites is 2. The molecule has 2 atom stereocenters. The maximum absolute atomic E-state index is 12.9. The number of nitrogens with two attached hydrogens (primary N) is 1. The number of hydrogen-bond acceptors (Lipinski definition) is 4. The Morgan fingerprint density at radius 2 is 2.00 bits per heavy atom. The Hall–Kier alpha value is -1.92. The van der Waals surface area contributed by atoms with Crippen LogP contribution in [0, 0.1) is 0 Å². The van der Waals surface area contributed by atoms with Crippen molar-refractivity contribution in [2.75, 3.05) is 19.6 Å². The van der Waals surface area contributed by atoms with E-state index in [4.69, 9.17) is 10.7 Å². The lowest BCUT2D eigenvalue weighted by molar-refractivity contribution is -0.135. The van der Waals surface area contributed by atoms with Gasteiger partial charge in [0, 0.05) is 31.7 Å². The van der Waals surface area contributed by atoms with Crippen LogP contribution in [-0.2, 0) is 11.3 Å². The van der Waals surface area contributed by atoms with Crippen molar-refractivity contribution in [1.29, 1.82) is 0 Å². The fourth-order valence-corrected chi connectivity index (χ4v) is 4.08. The lowest BCUT2D eigenvalue weighted by atomic mass is 10.1. The van der Waals surface area contributed by atoms with Crippen molar-refractivity contribution in [3.8, 4) is 0 Å². The van der Waals surface area contributed by atoms with Crippen LogP contribution in [-0.4, -0.2) is 57.0 Å². The Labute approximate surface area is 156 Å². The third kappa shape index (κ3) is 3.48. The van der Waals surface area contributed by atoms with Crippen molar-refractivity contribution in [3.63, 3.8) is 0 Å². The van der Waals surface area contributed by atoms with Crippen molar-refractivity contribution in [1.82, 2.24) is 19.4 Å². The van der Waals surface area contributed by atoms with Crippen molar-refractivity contribution in [2.24, 2.45) is 5.73 Å². The zero-order valence-electron chi connectivity index (χ0n) is 16.4. The molecule has 6 nitrogen and oxygen atoms in total. The molecule has 1 aromatic heterocycles. The first-order chi connectivity index (χ1) is 12.5. The molecule has 0 spiro atoms.